The molecule has 2 rings (SSSR count). The molecule has 1 atom stereocenters. The first kappa shape index (κ1) is 14.5. The molecule has 1 aromatic carbocycles. The van der Waals surface area contributed by atoms with Gasteiger partial charge in [0.1, 0.15) is 0 Å². The molecule has 1 aliphatic rings. The number of benzene rings is 1. The van der Waals surface area contributed by atoms with Crippen LogP contribution in [0.2, 0.25) is 4.71 Å². The van der Waals surface area contributed by atoms with Gasteiger partial charge in [-0.15, -0.1) is 0 Å². The Bertz CT molecular complexity index is 453. The molecule has 0 heterocycles. The minimum absolute atomic E-state index is 0.158. The van der Waals surface area contributed by atoms with Gasteiger partial charge in [-0.3, -0.25) is 0 Å². The Morgan fingerprint density at radius 1 is 1.32 bits per heavy atom. The molecule has 104 valence electrons. The van der Waals surface area contributed by atoms with Crippen molar-refractivity contribution in [1.29, 1.82) is 0 Å². The number of hydrogen-bond donors (Lipinski definition) is 1. The number of aryl methyl sites for hydroxylation is 1. The zero-order chi connectivity index (χ0) is 13.8. The van der Waals surface area contributed by atoms with E-state index < -0.39 is 0 Å². The van der Waals surface area contributed by atoms with E-state index in [0.717, 1.165) is 34.5 Å². The second-order valence-corrected chi connectivity index (χ2v) is 7.26. The van der Waals surface area contributed by atoms with Crippen molar-refractivity contribution in [2.45, 2.75) is 37.3 Å². The van der Waals surface area contributed by atoms with Crippen LogP contribution in [0.15, 0.2) is 18.2 Å². The summed E-state index contributed by atoms with van der Waals surface area (Å²) in [6.07, 6.45) is 4.43. The Balaban J connectivity index is 1.98. The fourth-order valence-corrected chi connectivity index (χ4v) is 3.33. The minimum atomic E-state index is 0.158. The van der Waals surface area contributed by atoms with Gasteiger partial charge in [0, 0.05) is 0 Å². The quantitative estimate of drug-likeness (QED) is 0.868. The average molecular weight is 323 g/mol. The van der Waals surface area contributed by atoms with Gasteiger partial charge in [0.25, 0.3) is 0 Å². The number of nitrogens with one attached hydrogen (secondary N) is 1. The second-order valence-electron chi connectivity index (χ2n) is 5.29. The van der Waals surface area contributed by atoms with Crippen molar-refractivity contribution in [3.63, 3.8) is 0 Å². The molecule has 0 radical (unpaired) electrons. The van der Waals surface area contributed by atoms with Crippen LogP contribution >= 0.6 is 0 Å². The van der Waals surface area contributed by atoms with Gasteiger partial charge in [-0.2, -0.15) is 0 Å². The molecule has 0 aliphatic heterocycles. The normalized spacial score (nSPS) is 22.9. The van der Waals surface area contributed by atoms with Crippen LogP contribution in [-0.4, -0.2) is 29.9 Å². The van der Waals surface area contributed by atoms with Crippen LogP contribution in [-0.2, 0) is 4.79 Å². The molecule has 4 heteroatoms. The van der Waals surface area contributed by atoms with Crippen molar-refractivity contribution in [3.05, 3.63) is 23.8 Å². The van der Waals surface area contributed by atoms with E-state index in [1.54, 1.807) is 7.11 Å². The SMILES string of the molecule is COc1cc(NC(=O)C2CCC([AsH2])CC2)ccc1C. The van der Waals surface area contributed by atoms with Crippen molar-refractivity contribution in [1.82, 2.24) is 0 Å². The fraction of sp³-hybridized carbons (Fsp3) is 0.533. The van der Waals surface area contributed by atoms with Crippen molar-refractivity contribution < 1.29 is 9.53 Å². The van der Waals surface area contributed by atoms with Gasteiger partial charge in [0.2, 0.25) is 0 Å². The van der Waals surface area contributed by atoms with Gasteiger partial charge < -0.3 is 0 Å². The van der Waals surface area contributed by atoms with E-state index in [4.69, 9.17) is 4.74 Å². The topological polar surface area (TPSA) is 38.3 Å². The first-order valence-corrected chi connectivity index (χ1v) is 8.21. The monoisotopic (exact) mass is 323 g/mol. The van der Waals surface area contributed by atoms with E-state index in [2.05, 4.69) is 5.32 Å². The molecule has 1 unspecified atom stereocenters. The van der Waals surface area contributed by atoms with Crippen LogP contribution in [0.5, 0.6) is 5.75 Å². The van der Waals surface area contributed by atoms with E-state index in [0.29, 0.717) is 0 Å². The van der Waals surface area contributed by atoms with Gasteiger partial charge in [-0.25, -0.2) is 0 Å². The molecule has 1 N–H and O–H groups in total. The van der Waals surface area contributed by atoms with Gasteiger partial charge in [-0.1, -0.05) is 0 Å². The predicted molar refractivity (Wildman–Crippen MR) is 80.6 cm³/mol. The van der Waals surface area contributed by atoms with Crippen LogP contribution in [0.1, 0.15) is 31.2 Å². The number of hydrogen-bond acceptors (Lipinski definition) is 2. The van der Waals surface area contributed by atoms with Gasteiger partial charge in [0.15, 0.2) is 0 Å². The summed E-state index contributed by atoms with van der Waals surface area (Å²) >= 11 is 1.81. The van der Waals surface area contributed by atoms with Crippen molar-refractivity contribution in [2.24, 2.45) is 5.92 Å². The molecule has 0 aromatic heterocycles. The fourth-order valence-electron chi connectivity index (χ4n) is 2.52. The van der Waals surface area contributed by atoms with E-state index in [9.17, 15) is 4.79 Å². The molecular weight excluding hydrogens is 301 g/mol. The molecule has 0 saturated heterocycles. The average Bonchev–Trinajstić information content (AvgIpc) is 2.41. The number of ether oxygens (including phenoxy) is 1. The maximum atomic E-state index is 12.2. The number of rotatable bonds is 3. The van der Waals surface area contributed by atoms with Crippen molar-refractivity contribution >= 4 is 28.4 Å². The summed E-state index contributed by atoms with van der Waals surface area (Å²) in [4.78, 5) is 12.2. The third kappa shape index (κ3) is 3.76. The Morgan fingerprint density at radius 3 is 2.63 bits per heavy atom. The standard InChI is InChI=1S/C15H22AsNO2/c1-10-3-8-13(9-14(10)19-2)17-15(18)11-4-6-12(16)7-5-11/h3,8-9,11-12H,4-7,16H2,1-2H3,(H,17,18). The molecule has 1 amide bonds. The third-order valence-electron chi connectivity index (χ3n) is 3.82. The summed E-state index contributed by atoms with van der Waals surface area (Å²) in [5, 5.41) is 3.01. The molecule has 1 saturated carbocycles. The predicted octanol–water partition coefficient (Wildman–Crippen LogP) is 2.55. The molecule has 1 aromatic rings. The van der Waals surface area contributed by atoms with Crippen LogP contribution in [0.25, 0.3) is 0 Å². The number of methoxy groups -OCH3 is 1. The molecule has 1 fully saturated rings. The third-order valence-corrected chi connectivity index (χ3v) is 5.22. The maximum absolute atomic E-state index is 12.2. The van der Waals surface area contributed by atoms with Crippen LogP contribution in [0.3, 0.4) is 0 Å². The summed E-state index contributed by atoms with van der Waals surface area (Å²) in [6.45, 7) is 1.99. The van der Waals surface area contributed by atoms with Gasteiger partial charge in [-0.05, 0) is 0 Å². The molecule has 19 heavy (non-hydrogen) atoms. The summed E-state index contributed by atoms with van der Waals surface area (Å²) in [6, 6.07) is 5.80. The summed E-state index contributed by atoms with van der Waals surface area (Å²) < 4.78 is 6.11. The van der Waals surface area contributed by atoms with Crippen molar-refractivity contribution in [2.75, 3.05) is 12.4 Å². The van der Waals surface area contributed by atoms with Crippen LogP contribution in [0, 0.1) is 12.8 Å². The molecule has 3 nitrogen and oxygen atoms in total. The Labute approximate surface area is 123 Å². The van der Waals surface area contributed by atoms with E-state index in [-0.39, 0.29) is 11.8 Å². The summed E-state index contributed by atoms with van der Waals surface area (Å²) in [5.41, 5.74) is 1.91. The van der Waals surface area contributed by atoms with Crippen molar-refractivity contribution in [3.8, 4) is 5.75 Å². The summed E-state index contributed by atoms with van der Waals surface area (Å²) in [5.74, 6) is 1.15. The molecule has 1 aliphatic carbocycles. The van der Waals surface area contributed by atoms with Crippen LogP contribution < -0.4 is 10.1 Å². The molecule has 0 bridgehead atoms. The molecular formula is C15H22AsNO2. The second kappa shape index (κ2) is 6.47. The van der Waals surface area contributed by atoms with Gasteiger partial charge >= 0.3 is 123 Å². The Hall–Kier alpha value is -0.952. The number of carbonyl (C=O) groups excluding carboxylic acids is 1. The van der Waals surface area contributed by atoms with E-state index in [1.807, 2.05) is 42.0 Å². The first-order chi connectivity index (χ1) is 9.10. The number of amides is 1. The molecule has 0 spiro atoms. The number of anilines is 1. The van der Waals surface area contributed by atoms with E-state index in [1.165, 1.54) is 12.8 Å². The Morgan fingerprint density at radius 2 is 2.00 bits per heavy atom. The first-order valence-electron chi connectivity index (χ1n) is 6.81. The Kier molecular flexibility index (Phi) is 4.92. The zero-order valence-corrected chi connectivity index (χ0v) is 14.0. The number of carbonyl (C=O) groups is 1. The van der Waals surface area contributed by atoms with E-state index >= 15 is 0 Å². The van der Waals surface area contributed by atoms with Gasteiger partial charge in [0.05, 0.1) is 0 Å². The summed E-state index contributed by atoms with van der Waals surface area (Å²) in [7, 11) is 1.65. The van der Waals surface area contributed by atoms with Crippen LogP contribution in [0.4, 0.5) is 5.69 Å². The zero-order valence-electron chi connectivity index (χ0n) is 11.6.